The molecule has 1 aliphatic heterocycles. The van der Waals surface area contributed by atoms with Crippen molar-refractivity contribution in [2.75, 3.05) is 33.0 Å². The van der Waals surface area contributed by atoms with Crippen LogP contribution in [0.1, 0.15) is 65.5 Å². The summed E-state index contributed by atoms with van der Waals surface area (Å²) in [6.07, 6.45) is -2.74. The zero-order valence-electron chi connectivity index (χ0n) is 32.0. The van der Waals surface area contributed by atoms with E-state index in [1.165, 1.54) is 11.0 Å². The molecule has 0 spiro atoms. The van der Waals surface area contributed by atoms with Gasteiger partial charge in [-0.05, 0) is 59.3 Å². The van der Waals surface area contributed by atoms with E-state index in [1.807, 2.05) is 71.9 Å². The Labute approximate surface area is 315 Å². The maximum absolute atomic E-state index is 14.8. The molecule has 1 aromatic carbocycles. The maximum atomic E-state index is 14.8. The van der Waals surface area contributed by atoms with Crippen molar-refractivity contribution in [3.8, 4) is 0 Å². The largest absolute Gasteiger partial charge is 0.389 e. The molecule has 1 heterocycles. The van der Waals surface area contributed by atoms with Crippen LogP contribution in [0.5, 0.6) is 0 Å². The number of fused-ring (bicyclic) bond motifs is 2. The molecule has 3 unspecified atom stereocenters. The number of ketones is 1. The summed E-state index contributed by atoms with van der Waals surface area (Å²) in [6.45, 7) is 16.2. The fourth-order valence-corrected chi connectivity index (χ4v) is 7.61. The van der Waals surface area contributed by atoms with Crippen LogP contribution in [0.25, 0.3) is 0 Å². The second-order valence-electron chi connectivity index (χ2n) is 16.1. The Morgan fingerprint density at radius 3 is 2.24 bits per heavy atom. The summed E-state index contributed by atoms with van der Waals surface area (Å²) in [5.74, 6) is -4.68. The first-order valence-corrected chi connectivity index (χ1v) is 18.5. The van der Waals surface area contributed by atoms with E-state index in [4.69, 9.17) is 4.74 Å². The Morgan fingerprint density at radius 1 is 1.04 bits per heavy atom. The zero-order chi connectivity index (χ0) is 40.0. The van der Waals surface area contributed by atoms with Crippen molar-refractivity contribution in [3.05, 3.63) is 59.7 Å². The maximum Gasteiger partial charge on any atom is 0.389 e. The molecule has 0 aromatic heterocycles. The number of Topliss-reactive ketones (excluding diaryl/α,β-unsaturated/α-hetero) is 1. The van der Waals surface area contributed by atoms with E-state index in [9.17, 15) is 37.1 Å². The van der Waals surface area contributed by atoms with Crippen LogP contribution >= 0.6 is 0 Å². The van der Waals surface area contributed by atoms with Gasteiger partial charge >= 0.3 is 12.2 Å². The fourth-order valence-electron chi connectivity index (χ4n) is 7.61. The van der Waals surface area contributed by atoms with Crippen LogP contribution in [0, 0.1) is 22.7 Å². The average molecular weight is 761 g/mol. The van der Waals surface area contributed by atoms with Crippen molar-refractivity contribution in [3.63, 3.8) is 0 Å². The molecule has 1 fully saturated rings. The van der Waals surface area contributed by atoms with Crippen LogP contribution in [0.3, 0.4) is 0 Å². The first-order chi connectivity index (χ1) is 25.3. The van der Waals surface area contributed by atoms with Gasteiger partial charge in [-0.3, -0.25) is 24.5 Å². The Hall–Kier alpha value is -4.24. The highest BCUT2D eigenvalue weighted by Crippen LogP contribution is 2.52. The molecule has 0 bridgehead atoms. The number of ether oxygens (including phenoxy) is 1. The molecule has 5 amide bonds. The summed E-state index contributed by atoms with van der Waals surface area (Å²) in [4.78, 5) is 69.9. The van der Waals surface area contributed by atoms with Gasteiger partial charge in [-0.2, -0.15) is 13.2 Å². The molecule has 2 aliphatic carbocycles. The van der Waals surface area contributed by atoms with Gasteiger partial charge < -0.3 is 30.9 Å². The number of hydrogen-bond donors (Lipinski definition) is 5. The number of carbonyl (C=O) groups is 5. The highest BCUT2D eigenvalue weighted by Gasteiger charge is 2.57. The molecule has 15 heteroatoms. The smallest absolute Gasteiger partial charge is 0.364 e. The first-order valence-electron chi connectivity index (χ1n) is 18.5. The molecule has 4 rings (SSSR count). The van der Waals surface area contributed by atoms with Gasteiger partial charge in [-0.1, -0.05) is 78.0 Å². The van der Waals surface area contributed by atoms with Crippen LogP contribution in [-0.4, -0.2) is 97.8 Å². The van der Waals surface area contributed by atoms with Crippen molar-refractivity contribution in [2.45, 2.75) is 97.6 Å². The van der Waals surface area contributed by atoms with Gasteiger partial charge in [0.2, 0.25) is 17.6 Å². The number of carbonyl (C=O) groups excluding carboxylic acids is 5. The molecule has 5 atom stereocenters. The monoisotopic (exact) mass is 760 g/mol. The number of alkyl halides is 3. The number of halogens is 3. The Morgan fingerprint density at radius 2 is 1.69 bits per heavy atom. The van der Waals surface area contributed by atoms with E-state index >= 15 is 0 Å². The third kappa shape index (κ3) is 10.5. The molecule has 0 radical (unpaired) electrons. The molecule has 0 saturated carbocycles. The van der Waals surface area contributed by atoms with Gasteiger partial charge in [-0.15, -0.1) is 6.58 Å². The van der Waals surface area contributed by atoms with Crippen LogP contribution in [0.2, 0.25) is 0 Å². The van der Waals surface area contributed by atoms with Crippen molar-refractivity contribution >= 4 is 29.5 Å². The van der Waals surface area contributed by atoms with E-state index in [0.717, 1.165) is 16.7 Å². The van der Waals surface area contributed by atoms with Crippen LogP contribution in [0.15, 0.2) is 48.6 Å². The predicted octanol–water partition coefficient (Wildman–Crippen LogP) is 3.56. The standard InChI is InChI=1S/C39H55F3N6O6/c1-8-16-44-34(51)32(49)27(14-15-39(40,41)42)45-33(50)31-29-26(19-38(29,6)7)20-48(31)35(52)30(25-17-23-12-10-11-13-24(23)18-25)47-36(53)46-28(37(3,4)5)21-54-22-43-9-2/h8,10-13,19,25,27-31,43H,1,9,14-18,20-22H2,2-7H3,(H,44,51)(H,45,50)(H2,46,47,53)/t27?,28-,29+,30?,31?/m1/s1. The van der Waals surface area contributed by atoms with Gasteiger partial charge in [-0.25, -0.2) is 4.79 Å². The molecule has 5 N–H and O–H groups in total. The molecule has 3 aliphatic rings. The summed E-state index contributed by atoms with van der Waals surface area (Å²) in [5, 5.41) is 13.7. The van der Waals surface area contributed by atoms with Crippen molar-refractivity contribution in [1.29, 1.82) is 0 Å². The van der Waals surface area contributed by atoms with E-state index in [-0.39, 0.29) is 25.6 Å². The number of allylic oxidation sites excluding steroid dienone is 1. The van der Waals surface area contributed by atoms with Crippen molar-refractivity contribution in [1.82, 2.24) is 31.5 Å². The third-order valence-electron chi connectivity index (χ3n) is 10.5. The Kier molecular flexibility index (Phi) is 13.8. The SMILES string of the molecule is C=CCNC(=O)C(=O)C(CCC(F)(F)F)NC(=O)C1[C@@H]2C(=CC2(C)C)CN1C(=O)C(NC(=O)N[C@H](COCNCC)C(C)(C)C)C1Cc2ccccc2C1. The van der Waals surface area contributed by atoms with Crippen LogP contribution in [0.4, 0.5) is 18.0 Å². The van der Waals surface area contributed by atoms with Gasteiger partial charge in [0, 0.05) is 25.4 Å². The summed E-state index contributed by atoms with van der Waals surface area (Å²) in [7, 11) is 0. The van der Waals surface area contributed by atoms with E-state index in [1.54, 1.807) is 0 Å². The summed E-state index contributed by atoms with van der Waals surface area (Å²) in [5.41, 5.74) is 1.87. The van der Waals surface area contributed by atoms with Crippen molar-refractivity contribution < 1.29 is 41.9 Å². The number of rotatable bonds is 17. The normalized spacial score (nSPS) is 20.7. The molecular formula is C39H55F3N6O6. The molecule has 54 heavy (non-hydrogen) atoms. The van der Waals surface area contributed by atoms with Gasteiger partial charge in [0.1, 0.15) is 12.1 Å². The number of urea groups is 1. The number of nitrogens with one attached hydrogen (secondary N) is 5. The first kappa shape index (κ1) is 42.5. The lowest BCUT2D eigenvalue weighted by Crippen LogP contribution is -2.61. The second kappa shape index (κ2) is 17.5. The Balaban J connectivity index is 1.64. The van der Waals surface area contributed by atoms with Crippen LogP contribution in [-0.2, 0) is 36.8 Å². The predicted molar refractivity (Wildman–Crippen MR) is 197 cm³/mol. The topological polar surface area (TPSA) is 158 Å². The molecule has 1 aromatic rings. The minimum atomic E-state index is -4.66. The summed E-state index contributed by atoms with van der Waals surface area (Å²) < 4.78 is 45.8. The highest BCUT2D eigenvalue weighted by molar-refractivity contribution is 6.38. The lowest BCUT2D eigenvalue weighted by atomic mass is 9.63. The van der Waals surface area contributed by atoms with E-state index in [0.29, 0.717) is 26.1 Å². The summed E-state index contributed by atoms with van der Waals surface area (Å²) in [6, 6.07) is 2.60. The van der Waals surface area contributed by atoms with E-state index < -0.39 is 89.5 Å². The molecule has 12 nitrogen and oxygen atoms in total. The highest BCUT2D eigenvalue weighted by atomic mass is 19.4. The lowest BCUT2D eigenvalue weighted by Gasteiger charge is -2.42. The molecular weight excluding hydrogens is 705 g/mol. The van der Waals surface area contributed by atoms with Gasteiger partial charge in [0.05, 0.1) is 25.4 Å². The van der Waals surface area contributed by atoms with Crippen LogP contribution < -0.4 is 26.6 Å². The summed E-state index contributed by atoms with van der Waals surface area (Å²) >= 11 is 0. The zero-order valence-corrected chi connectivity index (χ0v) is 32.0. The van der Waals surface area contributed by atoms with Crippen molar-refractivity contribution in [2.24, 2.45) is 22.7 Å². The number of nitrogens with zero attached hydrogens (tertiary/aromatic N) is 1. The molecule has 1 saturated heterocycles. The third-order valence-corrected chi connectivity index (χ3v) is 10.5. The minimum Gasteiger partial charge on any atom is -0.364 e. The number of likely N-dealkylation sites (tertiary alicyclic amines) is 1. The lowest BCUT2D eigenvalue weighted by molar-refractivity contribution is -0.147. The van der Waals surface area contributed by atoms with Gasteiger partial charge in [0.15, 0.2) is 0 Å². The molecule has 298 valence electrons. The number of amides is 5. The quantitative estimate of drug-likeness (QED) is 0.0704. The number of benzene rings is 1. The van der Waals surface area contributed by atoms with E-state index in [2.05, 4.69) is 33.2 Å². The Bertz CT molecular complexity index is 1580. The fraction of sp³-hybridized carbons (Fsp3) is 0.615. The minimum absolute atomic E-state index is 0.0500. The van der Waals surface area contributed by atoms with Gasteiger partial charge in [0.25, 0.3) is 5.91 Å². The number of hydrogen-bond acceptors (Lipinski definition) is 7. The second-order valence-corrected chi connectivity index (χ2v) is 16.1. The average Bonchev–Trinajstić information content (AvgIpc) is 3.67.